The van der Waals surface area contributed by atoms with Gasteiger partial charge >= 0.3 is 0 Å². The Morgan fingerprint density at radius 3 is 2.81 bits per heavy atom. The van der Waals surface area contributed by atoms with Crippen LogP contribution < -0.4 is 0 Å². The first-order valence-electron chi connectivity index (χ1n) is 8.94. The van der Waals surface area contributed by atoms with Crippen molar-refractivity contribution in [2.75, 3.05) is 6.61 Å². The van der Waals surface area contributed by atoms with E-state index in [1.165, 1.54) is 44.1 Å². The van der Waals surface area contributed by atoms with E-state index in [9.17, 15) is 9.90 Å². The van der Waals surface area contributed by atoms with Gasteiger partial charge in [-0.15, -0.1) is 0 Å². The molecule has 0 aromatic rings. The van der Waals surface area contributed by atoms with Crippen LogP contribution in [0.1, 0.15) is 64.7 Å². The van der Waals surface area contributed by atoms with Crippen LogP contribution >= 0.6 is 0 Å². The van der Waals surface area contributed by atoms with E-state index in [0.29, 0.717) is 17.8 Å². The Labute approximate surface area is 128 Å². The summed E-state index contributed by atoms with van der Waals surface area (Å²) in [6, 6.07) is 0. The van der Waals surface area contributed by atoms with Crippen LogP contribution in [0.3, 0.4) is 0 Å². The maximum atomic E-state index is 11.8. The van der Waals surface area contributed by atoms with Gasteiger partial charge in [-0.25, -0.2) is 0 Å². The Hall–Kier alpha value is -0.630. The summed E-state index contributed by atoms with van der Waals surface area (Å²) in [5, 5.41) is 10.3. The van der Waals surface area contributed by atoms with Crippen LogP contribution in [-0.4, -0.2) is 17.5 Å². The Bertz CT molecular complexity index is 494. The van der Waals surface area contributed by atoms with Crippen molar-refractivity contribution in [1.29, 1.82) is 0 Å². The van der Waals surface area contributed by atoms with E-state index < -0.39 is 0 Å². The first-order chi connectivity index (χ1) is 10.1. The van der Waals surface area contributed by atoms with Crippen molar-refractivity contribution in [2.24, 2.45) is 28.6 Å². The van der Waals surface area contributed by atoms with E-state index >= 15 is 0 Å². The molecule has 3 saturated carbocycles. The fraction of sp³-hybridized carbons (Fsp3) is 0.842. The van der Waals surface area contributed by atoms with Crippen molar-refractivity contribution in [1.82, 2.24) is 0 Å². The van der Waals surface area contributed by atoms with Gasteiger partial charge in [0.1, 0.15) is 0 Å². The quantitative estimate of drug-likeness (QED) is 0.795. The number of hydrogen-bond acceptors (Lipinski definition) is 2. The predicted molar refractivity (Wildman–Crippen MR) is 82.7 cm³/mol. The van der Waals surface area contributed by atoms with Crippen molar-refractivity contribution >= 4 is 5.78 Å². The molecule has 2 nitrogen and oxygen atoms in total. The van der Waals surface area contributed by atoms with Gasteiger partial charge in [-0.3, -0.25) is 4.79 Å². The van der Waals surface area contributed by atoms with Gasteiger partial charge in [-0.05, 0) is 74.2 Å². The zero-order valence-electron chi connectivity index (χ0n) is 13.2. The number of carbonyl (C=O) groups is 1. The fourth-order valence-corrected chi connectivity index (χ4v) is 6.65. The normalized spacial score (nSPS) is 49.1. The van der Waals surface area contributed by atoms with Crippen molar-refractivity contribution < 1.29 is 9.90 Å². The summed E-state index contributed by atoms with van der Waals surface area (Å²) < 4.78 is 0. The number of rotatable bonds is 1. The van der Waals surface area contributed by atoms with Gasteiger partial charge in [0, 0.05) is 11.8 Å². The van der Waals surface area contributed by atoms with Gasteiger partial charge < -0.3 is 5.11 Å². The van der Waals surface area contributed by atoms with Crippen molar-refractivity contribution in [3.05, 3.63) is 11.6 Å². The average molecular weight is 288 g/mol. The average Bonchev–Trinajstić information content (AvgIpc) is 2.88. The van der Waals surface area contributed by atoms with Gasteiger partial charge in [-0.2, -0.15) is 0 Å². The molecule has 0 aromatic heterocycles. The first-order valence-corrected chi connectivity index (χ1v) is 8.94. The third-order valence-corrected chi connectivity index (χ3v) is 7.75. The van der Waals surface area contributed by atoms with Gasteiger partial charge in [0.25, 0.3) is 0 Å². The summed E-state index contributed by atoms with van der Waals surface area (Å²) in [7, 11) is 0. The predicted octanol–water partition coefficient (Wildman–Crippen LogP) is 3.88. The van der Waals surface area contributed by atoms with Crippen LogP contribution in [0.4, 0.5) is 0 Å². The third-order valence-electron chi connectivity index (χ3n) is 7.75. The minimum atomic E-state index is -0.0409. The van der Waals surface area contributed by atoms with E-state index in [1.807, 2.05) is 6.08 Å². The van der Waals surface area contributed by atoms with Gasteiger partial charge in [0.2, 0.25) is 0 Å². The van der Waals surface area contributed by atoms with Crippen molar-refractivity contribution in [3.63, 3.8) is 0 Å². The maximum absolute atomic E-state index is 11.8. The molecular weight excluding hydrogens is 260 g/mol. The van der Waals surface area contributed by atoms with Crippen LogP contribution in [0.25, 0.3) is 0 Å². The Morgan fingerprint density at radius 1 is 1.14 bits per heavy atom. The molecule has 1 N–H and O–H groups in total. The van der Waals surface area contributed by atoms with Crippen molar-refractivity contribution in [2.45, 2.75) is 64.7 Å². The molecule has 2 heteroatoms. The monoisotopic (exact) mass is 288 g/mol. The van der Waals surface area contributed by atoms with Crippen LogP contribution in [0.15, 0.2) is 11.6 Å². The second-order valence-electron chi connectivity index (χ2n) is 8.45. The van der Waals surface area contributed by atoms with Gasteiger partial charge in [0.15, 0.2) is 5.78 Å². The van der Waals surface area contributed by atoms with Gasteiger partial charge in [-0.1, -0.05) is 18.9 Å². The highest BCUT2D eigenvalue weighted by atomic mass is 16.3. The number of fused-ring (bicyclic) bond motifs is 5. The van der Waals surface area contributed by atoms with E-state index in [1.54, 1.807) is 0 Å². The van der Waals surface area contributed by atoms with E-state index in [0.717, 1.165) is 24.7 Å². The second kappa shape index (κ2) is 4.68. The van der Waals surface area contributed by atoms with E-state index in [4.69, 9.17) is 0 Å². The summed E-state index contributed by atoms with van der Waals surface area (Å²) >= 11 is 0. The number of hydrogen-bond donors (Lipinski definition) is 1. The lowest BCUT2D eigenvalue weighted by atomic mass is 9.47. The topological polar surface area (TPSA) is 37.3 Å². The van der Waals surface area contributed by atoms with E-state index in [2.05, 4.69) is 6.92 Å². The summed E-state index contributed by atoms with van der Waals surface area (Å²) in [5.74, 6) is 2.59. The Balaban J connectivity index is 1.72. The molecule has 5 atom stereocenters. The smallest absolute Gasteiger partial charge is 0.155 e. The summed E-state index contributed by atoms with van der Waals surface area (Å²) in [4.78, 5) is 11.8. The summed E-state index contributed by atoms with van der Waals surface area (Å²) in [6.45, 7) is 2.78. The minimum Gasteiger partial charge on any atom is -0.395 e. The molecule has 4 aliphatic rings. The fourth-order valence-electron chi connectivity index (χ4n) is 6.65. The lowest BCUT2D eigenvalue weighted by Crippen LogP contribution is -2.52. The van der Waals surface area contributed by atoms with Crippen LogP contribution in [0.5, 0.6) is 0 Å². The molecule has 4 aliphatic carbocycles. The zero-order valence-corrected chi connectivity index (χ0v) is 13.2. The Kier molecular flexibility index (Phi) is 3.12. The number of carbonyl (C=O) groups excluding carboxylic acids is 1. The largest absolute Gasteiger partial charge is 0.395 e. The molecule has 0 heterocycles. The third kappa shape index (κ3) is 1.84. The lowest BCUT2D eigenvalue weighted by Gasteiger charge is -2.57. The second-order valence-corrected chi connectivity index (χ2v) is 8.45. The molecule has 0 amide bonds. The number of ketones is 1. The van der Waals surface area contributed by atoms with E-state index in [-0.39, 0.29) is 17.8 Å². The number of aliphatic hydroxyl groups is 1. The molecule has 0 spiro atoms. The SMILES string of the molecule is C[C@@]12CCC[C@H]1[C@@H]1CCC3=CC(=O)CC[C@]3(CO)[C@H]1CC2. The minimum absolute atomic E-state index is 0.0409. The molecule has 21 heavy (non-hydrogen) atoms. The number of aliphatic hydroxyl groups excluding tert-OH is 1. The van der Waals surface area contributed by atoms with Crippen molar-refractivity contribution in [3.8, 4) is 0 Å². The molecule has 0 radical (unpaired) electrons. The van der Waals surface area contributed by atoms with Crippen LogP contribution in [-0.2, 0) is 4.79 Å². The molecule has 0 saturated heterocycles. The molecule has 0 unspecified atom stereocenters. The highest BCUT2D eigenvalue weighted by Gasteiger charge is 2.57. The maximum Gasteiger partial charge on any atom is 0.155 e. The molecule has 116 valence electrons. The lowest BCUT2D eigenvalue weighted by molar-refractivity contribution is -0.118. The van der Waals surface area contributed by atoms with Gasteiger partial charge in [0.05, 0.1) is 6.61 Å². The zero-order chi connectivity index (χ0) is 14.7. The highest BCUT2D eigenvalue weighted by molar-refractivity contribution is 5.91. The Morgan fingerprint density at radius 2 is 2.00 bits per heavy atom. The summed E-state index contributed by atoms with van der Waals surface area (Å²) in [6.07, 6.45) is 12.6. The first kappa shape index (κ1) is 14.0. The summed E-state index contributed by atoms with van der Waals surface area (Å²) in [5.41, 5.74) is 1.83. The van der Waals surface area contributed by atoms with Crippen LogP contribution in [0.2, 0.25) is 0 Å². The molecule has 4 rings (SSSR count). The molecular formula is C19H28O2. The standard InChI is InChI=1S/C19H28O2/c1-18-8-2-3-16(18)15-5-4-13-11-14(21)6-10-19(13,12-20)17(15)7-9-18/h11,15-17,20H,2-10,12H2,1H3/t15-,16-,17-,18-,19+/m0/s1. The van der Waals surface area contributed by atoms with Crippen LogP contribution in [0, 0.1) is 28.6 Å². The highest BCUT2D eigenvalue weighted by Crippen LogP contribution is 2.65. The molecule has 0 aliphatic heterocycles. The molecule has 3 fully saturated rings. The molecule has 0 bridgehead atoms. The molecule has 0 aromatic carbocycles.